The smallest absolute Gasteiger partial charge is 0.245 e. The van der Waals surface area contributed by atoms with Gasteiger partial charge in [0.1, 0.15) is 6.04 Å². The van der Waals surface area contributed by atoms with Gasteiger partial charge in [0.2, 0.25) is 11.8 Å². The summed E-state index contributed by atoms with van der Waals surface area (Å²) in [7, 11) is 0. The standard InChI is InChI=1S/C18H30N2O3/c1-13(2)8-11-23-15-7-10-19(12-15)18(22)16-4-3-9-20(16)17(21)14-5-6-14/h13-16H,3-12H2,1-2H3/t15-,16+/m1/s1. The first-order chi connectivity index (χ1) is 11.1. The summed E-state index contributed by atoms with van der Waals surface area (Å²) in [6.07, 6.45) is 5.96. The zero-order valence-corrected chi connectivity index (χ0v) is 14.5. The minimum atomic E-state index is -0.211. The van der Waals surface area contributed by atoms with Gasteiger partial charge in [0.05, 0.1) is 6.10 Å². The van der Waals surface area contributed by atoms with Gasteiger partial charge in [-0.05, 0) is 44.4 Å². The number of rotatable bonds is 6. The summed E-state index contributed by atoms with van der Waals surface area (Å²) in [4.78, 5) is 28.9. The molecule has 0 radical (unpaired) electrons. The summed E-state index contributed by atoms with van der Waals surface area (Å²) >= 11 is 0. The van der Waals surface area contributed by atoms with Crippen LogP contribution in [0.25, 0.3) is 0 Å². The fourth-order valence-corrected chi connectivity index (χ4v) is 3.60. The monoisotopic (exact) mass is 322 g/mol. The molecule has 1 saturated carbocycles. The van der Waals surface area contributed by atoms with E-state index in [1.54, 1.807) is 0 Å². The van der Waals surface area contributed by atoms with Gasteiger partial charge in [0, 0.05) is 32.2 Å². The van der Waals surface area contributed by atoms with E-state index in [1.807, 2.05) is 9.80 Å². The van der Waals surface area contributed by atoms with Gasteiger partial charge in [-0.1, -0.05) is 13.8 Å². The first-order valence-corrected chi connectivity index (χ1v) is 9.27. The topological polar surface area (TPSA) is 49.9 Å². The molecule has 0 aromatic rings. The lowest BCUT2D eigenvalue weighted by molar-refractivity contribution is -0.144. The van der Waals surface area contributed by atoms with E-state index in [0.29, 0.717) is 12.5 Å². The molecule has 0 spiro atoms. The molecule has 2 aliphatic heterocycles. The van der Waals surface area contributed by atoms with Crippen LogP contribution in [0, 0.1) is 11.8 Å². The molecule has 0 N–H and O–H groups in total. The maximum absolute atomic E-state index is 12.8. The lowest BCUT2D eigenvalue weighted by Crippen LogP contribution is -2.47. The van der Waals surface area contributed by atoms with Crippen molar-refractivity contribution in [2.24, 2.45) is 11.8 Å². The molecule has 2 saturated heterocycles. The second-order valence-electron chi connectivity index (χ2n) is 7.71. The Labute approximate surface area is 139 Å². The van der Waals surface area contributed by atoms with Crippen molar-refractivity contribution >= 4 is 11.8 Å². The fraction of sp³-hybridized carbons (Fsp3) is 0.889. The molecule has 2 amide bonds. The molecule has 3 aliphatic rings. The molecule has 0 aromatic carbocycles. The minimum absolute atomic E-state index is 0.145. The normalized spacial score (nSPS) is 28.0. The van der Waals surface area contributed by atoms with Gasteiger partial charge in [-0.3, -0.25) is 9.59 Å². The van der Waals surface area contributed by atoms with Crippen molar-refractivity contribution in [1.82, 2.24) is 9.80 Å². The van der Waals surface area contributed by atoms with Crippen LogP contribution < -0.4 is 0 Å². The quantitative estimate of drug-likeness (QED) is 0.752. The number of hydrogen-bond acceptors (Lipinski definition) is 3. The Morgan fingerprint density at radius 1 is 1.09 bits per heavy atom. The summed E-state index contributed by atoms with van der Waals surface area (Å²) in [6, 6.07) is -0.211. The van der Waals surface area contributed by atoms with Crippen LogP contribution in [0.3, 0.4) is 0 Å². The molecular weight excluding hydrogens is 292 g/mol. The third kappa shape index (κ3) is 4.06. The van der Waals surface area contributed by atoms with Crippen LogP contribution in [0.1, 0.15) is 52.4 Å². The number of ether oxygens (including phenoxy) is 1. The molecule has 130 valence electrons. The summed E-state index contributed by atoms with van der Waals surface area (Å²) in [5, 5.41) is 0. The third-order valence-corrected chi connectivity index (χ3v) is 5.25. The highest BCUT2D eigenvalue weighted by Gasteiger charge is 2.43. The molecule has 5 heteroatoms. The largest absolute Gasteiger partial charge is 0.376 e. The Balaban J connectivity index is 1.49. The molecule has 5 nitrogen and oxygen atoms in total. The SMILES string of the molecule is CC(C)CCO[C@@H]1CCN(C(=O)[C@@H]2CCCN2C(=O)C2CC2)C1. The summed E-state index contributed by atoms with van der Waals surface area (Å²) in [5.74, 6) is 1.21. The number of nitrogens with zero attached hydrogens (tertiary/aromatic N) is 2. The van der Waals surface area contributed by atoms with Gasteiger partial charge < -0.3 is 14.5 Å². The van der Waals surface area contributed by atoms with Gasteiger partial charge >= 0.3 is 0 Å². The molecule has 2 atom stereocenters. The van der Waals surface area contributed by atoms with Gasteiger partial charge in [-0.15, -0.1) is 0 Å². The van der Waals surface area contributed by atoms with Crippen molar-refractivity contribution in [3.8, 4) is 0 Å². The van der Waals surface area contributed by atoms with Crippen LogP contribution in [-0.4, -0.2) is 60.0 Å². The summed E-state index contributed by atoms with van der Waals surface area (Å²) < 4.78 is 5.90. The van der Waals surface area contributed by atoms with Crippen LogP contribution in [0.2, 0.25) is 0 Å². The number of carbonyl (C=O) groups excluding carboxylic acids is 2. The fourth-order valence-electron chi connectivity index (χ4n) is 3.60. The van der Waals surface area contributed by atoms with Gasteiger partial charge in [-0.2, -0.15) is 0 Å². The maximum atomic E-state index is 12.8. The Hall–Kier alpha value is -1.10. The molecule has 0 unspecified atom stereocenters. The van der Waals surface area contributed by atoms with Gasteiger partial charge in [0.15, 0.2) is 0 Å². The van der Waals surface area contributed by atoms with E-state index in [1.165, 1.54) is 0 Å². The van der Waals surface area contributed by atoms with Crippen molar-refractivity contribution in [1.29, 1.82) is 0 Å². The molecule has 3 fully saturated rings. The highest BCUT2D eigenvalue weighted by Crippen LogP contribution is 2.34. The number of hydrogen-bond donors (Lipinski definition) is 0. The maximum Gasteiger partial charge on any atom is 0.245 e. The number of carbonyl (C=O) groups is 2. The van der Waals surface area contributed by atoms with Crippen LogP contribution in [0.5, 0.6) is 0 Å². The van der Waals surface area contributed by atoms with Crippen molar-refractivity contribution < 1.29 is 14.3 Å². The van der Waals surface area contributed by atoms with E-state index in [9.17, 15) is 9.59 Å². The van der Waals surface area contributed by atoms with Gasteiger partial charge in [0.25, 0.3) is 0 Å². The van der Waals surface area contributed by atoms with E-state index in [4.69, 9.17) is 4.74 Å². The molecular formula is C18H30N2O3. The van der Waals surface area contributed by atoms with Gasteiger partial charge in [-0.25, -0.2) is 0 Å². The number of amides is 2. The lowest BCUT2D eigenvalue weighted by Gasteiger charge is -2.28. The second kappa shape index (κ2) is 7.20. The molecule has 0 aromatic heterocycles. The molecule has 0 bridgehead atoms. The number of likely N-dealkylation sites (tertiary alicyclic amines) is 2. The Kier molecular flexibility index (Phi) is 5.24. The van der Waals surface area contributed by atoms with E-state index < -0.39 is 0 Å². The Bertz CT molecular complexity index is 448. The van der Waals surface area contributed by atoms with E-state index in [0.717, 1.165) is 58.2 Å². The predicted octanol–water partition coefficient (Wildman–Crippen LogP) is 2.05. The van der Waals surface area contributed by atoms with Crippen molar-refractivity contribution in [3.05, 3.63) is 0 Å². The highest BCUT2D eigenvalue weighted by atomic mass is 16.5. The molecule has 1 aliphatic carbocycles. The second-order valence-corrected chi connectivity index (χ2v) is 7.71. The van der Waals surface area contributed by atoms with Crippen LogP contribution in [0.4, 0.5) is 0 Å². The molecule has 23 heavy (non-hydrogen) atoms. The van der Waals surface area contributed by atoms with Crippen LogP contribution in [0.15, 0.2) is 0 Å². The first kappa shape index (κ1) is 16.7. The average molecular weight is 322 g/mol. The molecule has 3 rings (SSSR count). The highest BCUT2D eigenvalue weighted by molar-refractivity contribution is 5.90. The molecule has 2 heterocycles. The van der Waals surface area contributed by atoms with Crippen LogP contribution >= 0.6 is 0 Å². The van der Waals surface area contributed by atoms with E-state index in [-0.39, 0.29) is 29.9 Å². The third-order valence-electron chi connectivity index (χ3n) is 5.25. The first-order valence-electron chi connectivity index (χ1n) is 9.27. The summed E-state index contributed by atoms with van der Waals surface area (Å²) in [6.45, 7) is 7.39. The van der Waals surface area contributed by atoms with E-state index >= 15 is 0 Å². The zero-order chi connectivity index (χ0) is 16.4. The van der Waals surface area contributed by atoms with Crippen molar-refractivity contribution in [2.45, 2.75) is 64.5 Å². The summed E-state index contributed by atoms with van der Waals surface area (Å²) in [5.41, 5.74) is 0. The van der Waals surface area contributed by atoms with Crippen molar-refractivity contribution in [2.75, 3.05) is 26.2 Å². The van der Waals surface area contributed by atoms with Crippen molar-refractivity contribution in [3.63, 3.8) is 0 Å². The van der Waals surface area contributed by atoms with Crippen LogP contribution in [-0.2, 0) is 14.3 Å². The Morgan fingerprint density at radius 3 is 2.57 bits per heavy atom. The average Bonchev–Trinajstić information content (AvgIpc) is 3.07. The predicted molar refractivity (Wildman–Crippen MR) is 87.9 cm³/mol. The van der Waals surface area contributed by atoms with E-state index in [2.05, 4.69) is 13.8 Å². The zero-order valence-electron chi connectivity index (χ0n) is 14.5. The lowest BCUT2D eigenvalue weighted by atomic mass is 10.1. The minimum Gasteiger partial charge on any atom is -0.376 e. The Morgan fingerprint density at radius 2 is 1.87 bits per heavy atom.